The van der Waals surface area contributed by atoms with Crippen molar-refractivity contribution in [1.82, 2.24) is 9.80 Å². The van der Waals surface area contributed by atoms with Crippen LogP contribution in [0.4, 0.5) is 0 Å². The van der Waals surface area contributed by atoms with E-state index in [0.717, 1.165) is 21.6 Å². The molecule has 0 N–H and O–H groups in total. The summed E-state index contributed by atoms with van der Waals surface area (Å²) < 4.78 is 16.0. The smallest absolute Gasteiger partial charge is 0.242 e. The van der Waals surface area contributed by atoms with Crippen LogP contribution < -0.4 is 9.47 Å². The van der Waals surface area contributed by atoms with Crippen molar-refractivity contribution >= 4 is 23.2 Å². The minimum Gasteiger partial charge on any atom is -0.493 e. The minimum atomic E-state index is -0.0938. The number of rotatable bonds is 14. The molecular formula is C29H36N2O5S. The molecule has 0 saturated heterocycles. The predicted octanol–water partition coefficient (Wildman–Crippen LogP) is 4.36. The van der Waals surface area contributed by atoms with Crippen LogP contribution in [0, 0.1) is 6.92 Å². The summed E-state index contributed by atoms with van der Waals surface area (Å²) in [4.78, 5) is 31.3. The third kappa shape index (κ3) is 8.33. The summed E-state index contributed by atoms with van der Waals surface area (Å²) in [7, 11) is 4.81. The molecule has 1 heterocycles. The Kier molecular flexibility index (Phi) is 11.0. The lowest BCUT2D eigenvalue weighted by Crippen LogP contribution is -2.45. The summed E-state index contributed by atoms with van der Waals surface area (Å²) in [5.41, 5.74) is 3.11. The molecule has 1 aromatic heterocycles. The van der Waals surface area contributed by atoms with Crippen LogP contribution in [0.3, 0.4) is 0 Å². The monoisotopic (exact) mass is 524 g/mol. The van der Waals surface area contributed by atoms with Crippen molar-refractivity contribution in [2.45, 2.75) is 26.3 Å². The number of hydrogen-bond donors (Lipinski definition) is 0. The van der Waals surface area contributed by atoms with Crippen LogP contribution in [0.5, 0.6) is 11.5 Å². The second kappa shape index (κ2) is 14.4. The van der Waals surface area contributed by atoms with E-state index in [1.165, 1.54) is 0 Å². The molecule has 0 spiro atoms. The van der Waals surface area contributed by atoms with Crippen LogP contribution in [0.15, 0.2) is 60.0 Å². The second-order valence-electron chi connectivity index (χ2n) is 8.75. The number of hydrogen-bond acceptors (Lipinski definition) is 6. The van der Waals surface area contributed by atoms with Gasteiger partial charge in [0.25, 0.3) is 0 Å². The molecule has 3 aromatic rings. The van der Waals surface area contributed by atoms with Gasteiger partial charge in [0.05, 0.1) is 40.3 Å². The Morgan fingerprint density at radius 2 is 1.59 bits per heavy atom. The molecular weight excluding hydrogens is 488 g/mol. The van der Waals surface area contributed by atoms with Crippen molar-refractivity contribution in [2.75, 3.05) is 47.6 Å². The van der Waals surface area contributed by atoms with Crippen LogP contribution in [0.25, 0.3) is 0 Å². The number of nitrogens with zero attached hydrogens (tertiary/aromatic N) is 2. The highest BCUT2D eigenvalue weighted by molar-refractivity contribution is 7.10. The highest BCUT2D eigenvalue weighted by atomic mass is 32.1. The number of thiophene rings is 1. The van der Waals surface area contributed by atoms with Crippen LogP contribution in [-0.2, 0) is 33.7 Å². The fourth-order valence-corrected chi connectivity index (χ4v) is 4.89. The summed E-state index contributed by atoms with van der Waals surface area (Å²) in [6, 6.07) is 17.4. The van der Waals surface area contributed by atoms with Gasteiger partial charge >= 0.3 is 0 Å². The maximum atomic E-state index is 13.6. The molecule has 0 atom stereocenters. The third-order valence-electron chi connectivity index (χ3n) is 6.22. The Morgan fingerprint density at radius 1 is 0.838 bits per heavy atom. The van der Waals surface area contributed by atoms with Crippen molar-refractivity contribution in [3.05, 3.63) is 81.5 Å². The number of carbonyl (C=O) groups is 2. The van der Waals surface area contributed by atoms with Gasteiger partial charge in [-0.2, -0.15) is 0 Å². The summed E-state index contributed by atoms with van der Waals surface area (Å²) >= 11 is 1.64. The van der Waals surface area contributed by atoms with E-state index in [1.54, 1.807) is 37.6 Å². The number of aryl methyl sites for hydroxylation is 1. The molecule has 0 unspecified atom stereocenters. The van der Waals surface area contributed by atoms with Gasteiger partial charge < -0.3 is 24.0 Å². The zero-order valence-corrected chi connectivity index (χ0v) is 22.9. The first kappa shape index (κ1) is 28.2. The van der Waals surface area contributed by atoms with Crippen molar-refractivity contribution in [1.29, 1.82) is 0 Å². The molecule has 0 saturated carbocycles. The second-order valence-corrected chi connectivity index (χ2v) is 9.75. The zero-order valence-electron chi connectivity index (χ0n) is 22.1. The first-order valence-electron chi connectivity index (χ1n) is 12.3. The van der Waals surface area contributed by atoms with E-state index in [2.05, 4.69) is 13.0 Å². The first-order valence-corrected chi connectivity index (χ1v) is 13.2. The van der Waals surface area contributed by atoms with Gasteiger partial charge in [0, 0.05) is 25.1 Å². The fourth-order valence-electron chi connectivity index (χ4n) is 3.97. The molecule has 0 bridgehead atoms. The van der Waals surface area contributed by atoms with Gasteiger partial charge in [0.1, 0.15) is 0 Å². The number of ether oxygens (including phenoxy) is 3. The van der Waals surface area contributed by atoms with Crippen molar-refractivity contribution in [3.63, 3.8) is 0 Å². The molecule has 3 rings (SSSR count). The highest BCUT2D eigenvalue weighted by Crippen LogP contribution is 2.28. The number of carbonyl (C=O) groups excluding carboxylic acids is 2. The van der Waals surface area contributed by atoms with Crippen molar-refractivity contribution in [2.24, 2.45) is 0 Å². The van der Waals surface area contributed by atoms with Crippen LogP contribution in [-0.4, -0.2) is 69.2 Å². The molecule has 198 valence electrons. The van der Waals surface area contributed by atoms with Gasteiger partial charge in [-0.1, -0.05) is 36.4 Å². The number of benzene rings is 2. The van der Waals surface area contributed by atoms with Gasteiger partial charge in [-0.3, -0.25) is 9.59 Å². The van der Waals surface area contributed by atoms with Crippen molar-refractivity contribution in [3.8, 4) is 11.5 Å². The molecule has 0 aliphatic carbocycles. The van der Waals surface area contributed by atoms with E-state index in [4.69, 9.17) is 14.2 Å². The van der Waals surface area contributed by atoms with E-state index in [0.29, 0.717) is 44.2 Å². The molecule has 7 nitrogen and oxygen atoms in total. The lowest BCUT2D eigenvalue weighted by molar-refractivity contribution is -0.141. The Morgan fingerprint density at radius 3 is 2.24 bits per heavy atom. The van der Waals surface area contributed by atoms with Gasteiger partial charge in [-0.15, -0.1) is 11.3 Å². The number of amides is 2. The Bertz CT molecular complexity index is 1150. The molecule has 0 aliphatic rings. The normalized spacial score (nSPS) is 10.7. The van der Waals surface area contributed by atoms with Gasteiger partial charge in [-0.05, 0) is 53.6 Å². The highest BCUT2D eigenvalue weighted by Gasteiger charge is 2.22. The van der Waals surface area contributed by atoms with Gasteiger partial charge in [0.2, 0.25) is 11.8 Å². The molecule has 0 fully saturated rings. The van der Waals surface area contributed by atoms with E-state index in [9.17, 15) is 9.59 Å². The molecule has 37 heavy (non-hydrogen) atoms. The quantitative estimate of drug-likeness (QED) is 0.313. The summed E-state index contributed by atoms with van der Waals surface area (Å²) in [5, 5.41) is 2.04. The summed E-state index contributed by atoms with van der Waals surface area (Å²) in [6.45, 7) is 3.79. The fraction of sp³-hybridized carbons (Fsp3) is 0.379. The molecule has 0 aliphatic heterocycles. The van der Waals surface area contributed by atoms with E-state index in [-0.39, 0.29) is 24.8 Å². The topological polar surface area (TPSA) is 68.3 Å². The Hall–Kier alpha value is -3.36. The Balaban J connectivity index is 1.75. The van der Waals surface area contributed by atoms with Crippen LogP contribution in [0.1, 0.15) is 21.6 Å². The standard InChI is InChI=1S/C29H36N2O5S/c1-22-13-17-37-27(22)20-30(14-12-24-10-11-25(35-3)26(18-24)36-4)29(33)21-31(15-16-34-2)28(32)19-23-8-6-5-7-9-23/h5-11,13,17-18H,12,14-16,19-21H2,1-4H3. The zero-order chi connectivity index (χ0) is 26.6. The van der Waals surface area contributed by atoms with Crippen LogP contribution >= 0.6 is 11.3 Å². The average molecular weight is 525 g/mol. The largest absolute Gasteiger partial charge is 0.493 e. The number of methoxy groups -OCH3 is 3. The SMILES string of the molecule is COCCN(CC(=O)N(CCc1ccc(OC)c(OC)c1)Cc1sccc1C)C(=O)Cc1ccccc1. The van der Waals surface area contributed by atoms with Crippen LogP contribution in [0.2, 0.25) is 0 Å². The van der Waals surface area contributed by atoms with Gasteiger partial charge in [-0.25, -0.2) is 0 Å². The molecule has 2 amide bonds. The average Bonchev–Trinajstić information content (AvgIpc) is 3.32. The maximum Gasteiger partial charge on any atom is 0.242 e. The van der Waals surface area contributed by atoms with E-state index < -0.39 is 0 Å². The van der Waals surface area contributed by atoms with E-state index >= 15 is 0 Å². The maximum absolute atomic E-state index is 13.6. The summed E-state index contributed by atoms with van der Waals surface area (Å²) in [5.74, 6) is 1.14. The minimum absolute atomic E-state index is 0.00534. The Labute approximate surface area is 223 Å². The van der Waals surface area contributed by atoms with Gasteiger partial charge in [0.15, 0.2) is 11.5 Å². The molecule has 0 radical (unpaired) electrons. The first-order chi connectivity index (χ1) is 17.9. The summed E-state index contributed by atoms with van der Waals surface area (Å²) in [6.07, 6.45) is 0.889. The van der Waals surface area contributed by atoms with E-state index in [1.807, 2.05) is 58.8 Å². The third-order valence-corrected chi connectivity index (χ3v) is 7.22. The predicted molar refractivity (Wildman–Crippen MR) is 146 cm³/mol. The molecule has 8 heteroatoms. The van der Waals surface area contributed by atoms with Crippen molar-refractivity contribution < 1.29 is 23.8 Å². The lowest BCUT2D eigenvalue weighted by atomic mass is 10.1. The molecule has 2 aromatic carbocycles. The lowest BCUT2D eigenvalue weighted by Gasteiger charge is -2.28.